The van der Waals surface area contributed by atoms with Crippen LogP contribution >= 0.6 is 0 Å². The summed E-state index contributed by atoms with van der Waals surface area (Å²) in [5.74, 6) is 0.458. The van der Waals surface area contributed by atoms with E-state index in [-0.39, 0.29) is 12.5 Å². The van der Waals surface area contributed by atoms with Gasteiger partial charge in [0.1, 0.15) is 0 Å². The van der Waals surface area contributed by atoms with Gasteiger partial charge in [-0.1, -0.05) is 0 Å². The number of nitrogens with zero attached hydrogens (tertiary/aromatic N) is 1. The molecule has 4 nitrogen and oxygen atoms in total. The van der Waals surface area contributed by atoms with E-state index in [9.17, 15) is 4.79 Å². The van der Waals surface area contributed by atoms with Crippen LogP contribution in [-0.4, -0.2) is 42.7 Å². The molecule has 1 saturated heterocycles. The van der Waals surface area contributed by atoms with Crippen molar-refractivity contribution in [2.24, 2.45) is 5.92 Å². The number of benzene rings is 1. The van der Waals surface area contributed by atoms with E-state index in [1.807, 2.05) is 37.1 Å². The van der Waals surface area contributed by atoms with Crippen molar-refractivity contribution in [2.75, 3.05) is 32.1 Å². The number of anilines is 1. The lowest BCUT2D eigenvalue weighted by Gasteiger charge is -2.31. The van der Waals surface area contributed by atoms with Crippen molar-refractivity contribution in [3.05, 3.63) is 29.3 Å². The molecule has 0 spiro atoms. The number of hydrogen-bond donors (Lipinski definition) is 2. The molecule has 0 saturated carbocycles. The van der Waals surface area contributed by atoms with Crippen LogP contribution in [0.25, 0.3) is 0 Å². The van der Waals surface area contributed by atoms with Gasteiger partial charge in [0.2, 0.25) is 0 Å². The number of aryl methyl sites for hydroxylation is 1. The van der Waals surface area contributed by atoms with Gasteiger partial charge in [0.15, 0.2) is 0 Å². The molecule has 2 rings (SSSR count). The van der Waals surface area contributed by atoms with Gasteiger partial charge in [-0.2, -0.15) is 0 Å². The summed E-state index contributed by atoms with van der Waals surface area (Å²) in [5, 5.41) is 12.2. The quantitative estimate of drug-likeness (QED) is 0.874. The monoisotopic (exact) mass is 262 g/mol. The van der Waals surface area contributed by atoms with Crippen LogP contribution in [0.5, 0.6) is 0 Å². The Labute approximate surface area is 114 Å². The van der Waals surface area contributed by atoms with E-state index in [4.69, 9.17) is 5.11 Å². The van der Waals surface area contributed by atoms with Gasteiger partial charge in [-0.3, -0.25) is 4.79 Å². The van der Waals surface area contributed by atoms with E-state index in [1.165, 1.54) is 0 Å². The van der Waals surface area contributed by atoms with Gasteiger partial charge in [-0.25, -0.2) is 0 Å². The van der Waals surface area contributed by atoms with Crippen LogP contribution < -0.4 is 5.32 Å². The van der Waals surface area contributed by atoms with E-state index >= 15 is 0 Å². The standard InChI is InChI=1S/C15H22N2O2/c1-11-9-13(3-4-14(11)16-2)15(19)17-7-5-12(10-18)6-8-17/h3-4,9,12,16,18H,5-8,10H2,1-2H3. The van der Waals surface area contributed by atoms with Crippen molar-refractivity contribution in [2.45, 2.75) is 19.8 Å². The zero-order valence-electron chi connectivity index (χ0n) is 11.6. The van der Waals surface area contributed by atoms with Crippen LogP contribution in [0.4, 0.5) is 5.69 Å². The molecule has 0 bridgehead atoms. The Balaban J connectivity index is 2.06. The third-order valence-corrected chi connectivity index (χ3v) is 3.90. The lowest BCUT2D eigenvalue weighted by molar-refractivity contribution is 0.0651. The molecule has 0 aromatic heterocycles. The van der Waals surface area contributed by atoms with E-state index in [0.717, 1.165) is 42.7 Å². The van der Waals surface area contributed by atoms with Gasteiger partial charge in [-0.05, 0) is 49.4 Å². The molecule has 0 aliphatic carbocycles. The van der Waals surface area contributed by atoms with E-state index in [2.05, 4.69) is 5.32 Å². The Morgan fingerprint density at radius 1 is 1.42 bits per heavy atom. The molecule has 1 amide bonds. The highest BCUT2D eigenvalue weighted by molar-refractivity contribution is 5.95. The maximum atomic E-state index is 12.4. The van der Waals surface area contributed by atoms with Crippen molar-refractivity contribution in [1.82, 2.24) is 4.90 Å². The van der Waals surface area contributed by atoms with Gasteiger partial charge in [0.25, 0.3) is 5.91 Å². The molecule has 4 heteroatoms. The minimum absolute atomic E-state index is 0.0992. The van der Waals surface area contributed by atoms with Crippen LogP contribution in [0, 0.1) is 12.8 Å². The summed E-state index contributed by atoms with van der Waals surface area (Å²) in [4.78, 5) is 14.3. The third-order valence-electron chi connectivity index (χ3n) is 3.90. The minimum atomic E-state index is 0.0992. The molecule has 0 unspecified atom stereocenters. The predicted octanol–water partition coefficient (Wildman–Crippen LogP) is 1.88. The lowest BCUT2D eigenvalue weighted by Crippen LogP contribution is -2.39. The van der Waals surface area contributed by atoms with Crippen molar-refractivity contribution in [1.29, 1.82) is 0 Å². The van der Waals surface area contributed by atoms with Crippen molar-refractivity contribution < 1.29 is 9.90 Å². The average Bonchev–Trinajstić information content (AvgIpc) is 2.46. The summed E-state index contributed by atoms with van der Waals surface area (Å²) in [6, 6.07) is 5.76. The maximum absolute atomic E-state index is 12.4. The van der Waals surface area contributed by atoms with Crippen molar-refractivity contribution in [3.8, 4) is 0 Å². The number of nitrogens with one attached hydrogen (secondary N) is 1. The minimum Gasteiger partial charge on any atom is -0.396 e. The highest BCUT2D eigenvalue weighted by Crippen LogP contribution is 2.21. The molecule has 104 valence electrons. The number of hydrogen-bond acceptors (Lipinski definition) is 3. The SMILES string of the molecule is CNc1ccc(C(=O)N2CCC(CO)CC2)cc1C. The number of carbonyl (C=O) groups excluding carboxylic acids is 1. The largest absolute Gasteiger partial charge is 0.396 e. The van der Waals surface area contributed by atoms with Crippen LogP contribution in [0.2, 0.25) is 0 Å². The molecule has 2 N–H and O–H groups in total. The number of amides is 1. The first kappa shape index (κ1) is 13.9. The molecule has 1 fully saturated rings. The van der Waals surface area contributed by atoms with Crippen LogP contribution in [0.3, 0.4) is 0 Å². The second-order valence-electron chi connectivity index (χ2n) is 5.20. The van der Waals surface area contributed by atoms with E-state index < -0.39 is 0 Å². The van der Waals surface area contributed by atoms with Crippen molar-refractivity contribution >= 4 is 11.6 Å². The number of piperidine rings is 1. The normalized spacial score (nSPS) is 16.5. The average molecular weight is 262 g/mol. The first-order valence-corrected chi connectivity index (χ1v) is 6.84. The summed E-state index contributed by atoms with van der Waals surface area (Å²) < 4.78 is 0. The first-order chi connectivity index (χ1) is 9.15. The molecule has 0 atom stereocenters. The molecule has 1 aromatic carbocycles. The topological polar surface area (TPSA) is 52.6 Å². The number of likely N-dealkylation sites (tertiary alicyclic amines) is 1. The molecular formula is C15H22N2O2. The summed E-state index contributed by atoms with van der Waals surface area (Å²) >= 11 is 0. The zero-order chi connectivity index (χ0) is 13.8. The number of rotatable bonds is 3. The summed E-state index contributed by atoms with van der Waals surface area (Å²) in [6.07, 6.45) is 1.80. The van der Waals surface area contributed by atoms with Gasteiger partial charge in [-0.15, -0.1) is 0 Å². The highest BCUT2D eigenvalue weighted by atomic mass is 16.3. The summed E-state index contributed by atoms with van der Waals surface area (Å²) in [6.45, 7) is 3.73. The molecule has 1 aliphatic heterocycles. The Bertz CT molecular complexity index is 451. The molecule has 19 heavy (non-hydrogen) atoms. The predicted molar refractivity (Wildman–Crippen MR) is 76.4 cm³/mol. The third kappa shape index (κ3) is 3.07. The zero-order valence-corrected chi connectivity index (χ0v) is 11.6. The second-order valence-corrected chi connectivity index (χ2v) is 5.20. The fourth-order valence-electron chi connectivity index (χ4n) is 2.58. The van der Waals surface area contributed by atoms with Gasteiger partial charge in [0, 0.05) is 38.0 Å². The van der Waals surface area contributed by atoms with E-state index in [1.54, 1.807) is 0 Å². The van der Waals surface area contributed by atoms with Gasteiger partial charge >= 0.3 is 0 Å². The van der Waals surface area contributed by atoms with E-state index in [0.29, 0.717) is 5.92 Å². The van der Waals surface area contributed by atoms with Crippen LogP contribution in [0.1, 0.15) is 28.8 Å². The number of carbonyl (C=O) groups is 1. The fraction of sp³-hybridized carbons (Fsp3) is 0.533. The van der Waals surface area contributed by atoms with Crippen LogP contribution in [-0.2, 0) is 0 Å². The Hall–Kier alpha value is -1.55. The Kier molecular flexibility index (Phi) is 4.43. The molecule has 1 aliphatic rings. The Morgan fingerprint density at radius 2 is 2.11 bits per heavy atom. The lowest BCUT2D eigenvalue weighted by atomic mass is 9.97. The Morgan fingerprint density at radius 3 is 2.63 bits per heavy atom. The summed E-state index contributed by atoms with van der Waals surface area (Å²) in [5.41, 5.74) is 2.88. The van der Waals surface area contributed by atoms with Gasteiger partial charge < -0.3 is 15.3 Å². The smallest absolute Gasteiger partial charge is 0.253 e. The van der Waals surface area contributed by atoms with Crippen molar-refractivity contribution in [3.63, 3.8) is 0 Å². The summed E-state index contributed by atoms with van der Waals surface area (Å²) in [7, 11) is 1.88. The molecular weight excluding hydrogens is 240 g/mol. The van der Waals surface area contributed by atoms with Crippen LogP contribution in [0.15, 0.2) is 18.2 Å². The molecule has 1 heterocycles. The molecule has 0 radical (unpaired) electrons. The number of aliphatic hydroxyl groups is 1. The highest BCUT2D eigenvalue weighted by Gasteiger charge is 2.23. The second kappa shape index (κ2) is 6.06. The number of aliphatic hydroxyl groups excluding tert-OH is 1. The maximum Gasteiger partial charge on any atom is 0.253 e. The van der Waals surface area contributed by atoms with Gasteiger partial charge in [0.05, 0.1) is 0 Å². The first-order valence-electron chi connectivity index (χ1n) is 6.84. The molecule has 1 aromatic rings. The fourth-order valence-corrected chi connectivity index (χ4v) is 2.58.